The highest BCUT2D eigenvalue weighted by Gasteiger charge is 2.11. The van der Waals surface area contributed by atoms with Crippen LogP contribution in [-0.4, -0.2) is 15.3 Å². The number of nitrogens with zero attached hydrogens (tertiary/aromatic N) is 2. The van der Waals surface area contributed by atoms with Crippen LogP contribution in [0.1, 0.15) is 10.4 Å². The number of rotatable bonds is 3. The van der Waals surface area contributed by atoms with Crippen LogP contribution in [0.3, 0.4) is 0 Å². The van der Waals surface area contributed by atoms with Crippen molar-refractivity contribution in [1.82, 2.24) is 9.38 Å². The summed E-state index contributed by atoms with van der Waals surface area (Å²) in [5.41, 5.74) is 4.12. The molecule has 0 aliphatic heterocycles. The van der Waals surface area contributed by atoms with E-state index in [2.05, 4.69) is 10.3 Å². The Balaban J connectivity index is 1.47. The van der Waals surface area contributed by atoms with E-state index in [0.717, 1.165) is 33.4 Å². The Labute approximate surface area is 162 Å². The highest BCUT2D eigenvalue weighted by atomic mass is 16.1. The van der Waals surface area contributed by atoms with E-state index in [0.29, 0.717) is 5.56 Å². The Bertz CT molecular complexity index is 1280. The lowest BCUT2D eigenvalue weighted by molar-refractivity contribution is 0.102. The van der Waals surface area contributed by atoms with Gasteiger partial charge >= 0.3 is 0 Å². The van der Waals surface area contributed by atoms with Crippen LogP contribution in [0.5, 0.6) is 0 Å². The number of amides is 1. The first-order valence-corrected chi connectivity index (χ1v) is 9.11. The zero-order valence-corrected chi connectivity index (χ0v) is 15.0. The summed E-state index contributed by atoms with van der Waals surface area (Å²) in [5.74, 6) is -0.121. The molecule has 0 atom stereocenters. The summed E-state index contributed by atoms with van der Waals surface area (Å²) < 4.78 is 1.98. The van der Waals surface area contributed by atoms with Gasteiger partial charge in [0.1, 0.15) is 5.65 Å². The molecule has 1 N–H and O–H groups in total. The van der Waals surface area contributed by atoms with Gasteiger partial charge in [-0.05, 0) is 41.1 Å². The summed E-state index contributed by atoms with van der Waals surface area (Å²) in [6.07, 6.45) is 3.96. The van der Waals surface area contributed by atoms with E-state index in [1.54, 1.807) is 0 Å². The van der Waals surface area contributed by atoms with Crippen molar-refractivity contribution in [3.05, 3.63) is 103 Å². The molecule has 2 aromatic heterocycles. The molecule has 0 aliphatic rings. The maximum absolute atomic E-state index is 12.9. The number of pyridine rings is 1. The smallest absolute Gasteiger partial charge is 0.256 e. The lowest BCUT2D eigenvalue weighted by atomic mass is 10.0. The number of fused-ring (bicyclic) bond motifs is 2. The lowest BCUT2D eigenvalue weighted by Gasteiger charge is -2.09. The molecule has 2 heterocycles. The van der Waals surface area contributed by atoms with E-state index in [-0.39, 0.29) is 5.91 Å². The second-order valence-electron chi connectivity index (χ2n) is 6.65. The van der Waals surface area contributed by atoms with Crippen molar-refractivity contribution >= 4 is 28.0 Å². The van der Waals surface area contributed by atoms with Gasteiger partial charge in [0.25, 0.3) is 5.91 Å². The normalized spacial score (nSPS) is 11.0. The van der Waals surface area contributed by atoms with Crippen LogP contribution in [0.25, 0.3) is 27.7 Å². The lowest BCUT2D eigenvalue weighted by Crippen LogP contribution is -2.12. The molecule has 4 heteroatoms. The molecule has 0 radical (unpaired) electrons. The Morgan fingerprint density at radius 2 is 1.68 bits per heavy atom. The van der Waals surface area contributed by atoms with E-state index >= 15 is 0 Å². The fourth-order valence-electron chi connectivity index (χ4n) is 3.45. The standard InChI is InChI=1S/C24H17N3O/c28-24(21-12-6-8-17-7-1-2-11-20(17)21)25-19-10-5-9-18(15-19)22-16-27-14-4-3-13-23(27)26-22/h1-16H,(H,25,28). The van der Waals surface area contributed by atoms with Crippen LogP contribution in [0, 0.1) is 0 Å². The molecule has 28 heavy (non-hydrogen) atoms. The van der Waals surface area contributed by atoms with Crippen LogP contribution < -0.4 is 5.32 Å². The second kappa shape index (κ2) is 6.67. The number of aromatic nitrogens is 2. The third-order valence-electron chi connectivity index (χ3n) is 4.81. The third-order valence-corrected chi connectivity index (χ3v) is 4.81. The molecular formula is C24H17N3O. The fraction of sp³-hybridized carbons (Fsp3) is 0. The van der Waals surface area contributed by atoms with Crippen molar-refractivity contribution in [2.45, 2.75) is 0 Å². The number of nitrogens with one attached hydrogen (secondary N) is 1. The molecule has 0 aliphatic carbocycles. The number of imidazole rings is 1. The number of hydrogen-bond acceptors (Lipinski definition) is 2. The van der Waals surface area contributed by atoms with Gasteiger partial charge < -0.3 is 9.72 Å². The van der Waals surface area contributed by atoms with Crippen molar-refractivity contribution in [3.63, 3.8) is 0 Å². The molecule has 0 saturated heterocycles. The zero-order chi connectivity index (χ0) is 18.9. The highest BCUT2D eigenvalue weighted by Crippen LogP contribution is 2.24. The van der Waals surface area contributed by atoms with Crippen LogP contribution >= 0.6 is 0 Å². The summed E-state index contributed by atoms with van der Waals surface area (Å²) in [6, 6.07) is 27.3. The number of hydrogen-bond donors (Lipinski definition) is 1. The van der Waals surface area contributed by atoms with Crippen molar-refractivity contribution in [2.24, 2.45) is 0 Å². The maximum Gasteiger partial charge on any atom is 0.256 e. The number of carbonyl (C=O) groups is 1. The van der Waals surface area contributed by atoms with Crippen LogP contribution in [0.2, 0.25) is 0 Å². The topological polar surface area (TPSA) is 46.4 Å². The number of benzene rings is 3. The molecule has 3 aromatic carbocycles. The SMILES string of the molecule is O=C(Nc1cccc(-c2cn3ccccc3n2)c1)c1cccc2ccccc12. The van der Waals surface area contributed by atoms with Crippen molar-refractivity contribution in [2.75, 3.05) is 5.32 Å². The first-order valence-electron chi connectivity index (χ1n) is 9.11. The summed E-state index contributed by atoms with van der Waals surface area (Å²) in [6.45, 7) is 0. The van der Waals surface area contributed by atoms with E-state index in [1.165, 1.54) is 0 Å². The predicted molar refractivity (Wildman–Crippen MR) is 113 cm³/mol. The van der Waals surface area contributed by atoms with Crippen molar-refractivity contribution < 1.29 is 4.79 Å². The molecular weight excluding hydrogens is 346 g/mol. The number of anilines is 1. The Morgan fingerprint density at radius 3 is 2.61 bits per heavy atom. The van der Waals surface area contributed by atoms with Crippen LogP contribution in [0.15, 0.2) is 97.3 Å². The van der Waals surface area contributed by atoms with Gasteiger partial charge in [-0.15, -0.1) is 0 Å². The monoisotopic (exact) mass is 363 g/mol. The molecule has 4 nitrogen and oxygen atoms in total. The van der Waals surface area contributed by atoms with Gasteiger partial charge in [0.05, 0.1) is 5.69 Å². The third kappa shape index (κ3) is 2.91. The largest absolute Gasteiger partial charge is 0.322 e. The van der Waals surface area contributed by atoms with Gasteiger partial charge in [-0.2, -0.15) is 0 Å². The van der Waals surface area contributed by atoms with Gasteiger partial charge in [0, 0.05) is 29.2 Å². The van der Waals surface area contributed by atoms with Gasteiger partial charge in [-0.25, -0.2) is 4.98 Å². The summed E-state index contributed by atoms with van der Waals surface area (Å²) in [7, 11) is 0. The quantitative estimate of drug-likeness (QED) is 0.466. The average Bonchev–Trinajstić information content (AvgIpc) is 3.18. The van der Waals surface area contributed by atoms with Crippen LogP contribution in [0.4, 0.5) is 5.69 Å². The first-order chi connectivity index (χ1) is 13.8. The Morgan fingerprint density at radius 1 is 0.857 bits per heavy atom. The predicted octanol–water partition coefficient (Wildman–Crippen LogP) is 5.41. The van der Waals surface area contributed by atoms with E-state index in [1.807, 2.05) is 102 Å². The molecule has 5 aromatic rings. The fourth-order valence-corrected chi connectivity index (χ4v) is 3.45. The summed E-state index contributed by atoms with van der Waals surface area (Å²) >= 11 is 0. The molecule has 5 rings (SSSR count). The molecule has 0 bridgehead atoms. The van der Waals surface area contributed by atoms with Crippen molar-refractivity contribution in [3.8, 4) is 11.3 Å². The molecule has 134 valence electrons. The maximum atomic E-state index is 12.9. The highest BCUT2D eigenvalue weighted by molar-refractivity contribution is 6.13. The Hall–Kier alpha value is -3.92. The van der Waals surface area contributed by atoms with Crippen LogP contribution in [-0.2, 0) is 0 Å². The Kier molecular flexibility index (Phi) is 3.87. The van der Waals surface area contributed by atoms with E-state index in [4.69, 9.17) is 0 Å². The average molecular weight is 363 g/mol. The van der Waals surface area contributed by atoms with Gasteiger partial charge in [0.15, 0.2) is 0 Å². The van der Waals surface area contributed by atoms with Gasteiger partial charge in [-0.1, -0.05) is 54.6 Å². The van der Waals surface area contributed by atoms with Gasteiger partial charge in [0.2, 0.25) is 0 Å². The minimum absolute atomic E-state index is 0.121. The molecule has 0 unspecified atom stereocenters. The minimum atomic E-state index is -0.121. The van der Waals surface area contributed by atoms with E-state index in [9.17, 15) is 4.79 Å². The first kappa shape index (κ1) is 16.3. The van der Waals surface area contributed by atoms with E-state index < -0.39 is 0 Å². The summed E-state index contributed by atoms with van der Waals surface area (Å²) in [4.78, 5) is 17.5. The molecule has 0 fully saturated rings. The molecule has 0 spiro atoms. The number of carbonyl (C=O) groups excluding carboxylic acids is 1. The zero-order valence-electron chi connectivity index (χ0n) is 15.0. The summed E-state index contributed by atoms with van der Waals surface area (Å²) in [5, 5.41) is 5.01. The second-order valence-corrected chi connectivity index (χ2v) is 6.65. The van der Waals surface area contributed by atoms with Crippen molar-refractivity contribution in [1.29, 1.82) is 0 Å². The molecule has 1 amide bonds. The van der Waals surface area contributed by atoms with Gasteiger partial charge in [-0.3, -0.25) is 4.79 Å². The molecule has 0 saturated carbocycles. The minimum Gasteiger partial charge on any atom is -0.322 e.